The molecule has 0 saturated heterocycles. The van der Waals surface area contributed by atoms with Gasteiger partial charge < -0.3 is 10.2 Å². The van der Waals surface area contributed by atoms with Gasteiger partial charge in [0.2, 0.25) is 11.8 Å². The number of aromatic nitrogens is 1. The highest BCUT2D eigenvalue weighted by Gasteiger charge is 2.39. The standard InChI is InChI=1S/C24H23N3O2/c28-22-13-18-4-1-2-6-20(18)23(27(22)15-16-7-8-16)24(29)26-14-17-9-10-21-19(12-17)5-3-11-25-21/h1-6,9-12,16,23H,7-8,13-15H2,(H,26,29)/t23-/m0/s1. The molecular formula is C24H23N3O2. The van der Waals surface area contributed by atoms with E-state index in [0.29, 0.717) is 25.4 Å². The van der Waals surface area contributed by atoms with Crippen molar-refractivity contribution in [3.63, 3.8) is 0 Å². The third kappa shape index (κ3) is 3.60. The van der Waals surface area contributed by atoms with E-state index < -0.39 is 6.04 Å². The van der Waals surface area contributed by atoms with Crippen LogP contribution in [0.2, 0.25) is 0 Å². The molecule has 1 atom stereocenters. The summed E-state index contributed by atoms with van der Waals surface area (Å²) in [5.41, 5.74) is 3.86. The lowest BCUT2D eigenvalue weighted by molar-refractivity contribution is -0.142. The van der Waals surface area contributed by atoms with Crippen LogP contribution in [0.5, 0.6) is 0 Å². The number of rotatable bonds is 5. The van der Waals surface area contributed by atoms with E-state index in [9.17, 15) is 9.59 Å². The molecule has 5 rings (SSSR count). The van der Waals surface area contributed by atoms with E-state index in [2.05, 4.69) is 10.3 Å². The minimum atomic E-state index is -0.546. The van der Waals surface area contributed by atoms with Gasteiger partial charge in [-0.05, 0) is 53.6 Å². The molecule has 1 aliphatic carbocycles. The summed E-state index contributed by atoms with van der Waals surface area (Å²) < 4.78 is 0. The van der Waals surface area contributed by atoms with E-state index >= 15 is 0 Å². The Morgan fingerprint density at radius 1 is 1.10 bits per heavy atom. The zero-order valence-corrected chi connectivity index (χ0v) is 16.2. The third-order valence-electron chi connectivity index (χ3n) is 5.86. The Morgan fingerprint density at radius 2 is 1.97 bits per heavy atom. The Balaban J connectivity index is 1.38. The molecule has 2 amide bonds. The van der Waals surface area contributed by atoms with E-state index in [4.69, 9.17) is 0 Å². The molecule has 1 fully saturated rings. The predicted molar refractivity (Wildman–Crippen MR) is 111 cm³/mol. The van der Waals surface area contributed by atoms with Crippen molar-refractivity contribution >= 4 is 22.7 Å². The fourth-order valence-electron chi connectivity index (χ4n) is 4.13. The van der Waals surface area contributed by atoms with Crippen molar-refractivity contribution < 1.29 is 9.59 Å². The summed E-state index contributed by atoms with van der Waals surface area (Å²) in [4.78, 5) is 32.2. The quantitative estimate of drug-likeness (QED) is 0.732. The van der Waals surface area contributed by atoms with Crippen LogP contribution in [0.1, 0.15) is 35.6 Å². The van der Waals surface area contributed by atoms with Crippen LogP contribution in [-0.4, -0.2) is 28.2 Å². The van der Waals surface area contributed by atoms with Gasteiger partial charge in [0.05, 0.1) is 11.9 Å². The molecule has 0 spiro atoms. The van der Waals surface area contributed by atoms with Gasteiger partial charge in [0.25, 0.3) is 0 Å². The number of pyridine rings is 1. The number of benzene rings is 2. The Labute approximate surface area is 169 Å². The zero-order valence-electron chi connectivity index (χ0n) is 16.2. The highest BCUT2D eigenvalue weighted by molar-refractivity contribution is 5.92. The fourth-order valence-corrected chi connectivity index (χ4v) is 4.13. The molecule has 1 aliphatic heterocycles. The summed E-state index contributed by atoms with van der Waals surface area (Å²) in [6.45, 7) is 1.10. The van der Waals surface area contributed by atoms with E-state index in [1.807, 2.05) is 54.6 Å². The Morgan fingerprint density at radius 3 is 2.83 bits per heavy atom. The van der Waals surface area contributed by atoms with Crippen molar-refractivity contribution in [2.24, 2.45) is 5.92 Å². The first kappa shape index (κ1) is 17.9. The number of nitrogens with one attached hydrogen (secondary N) is 1. The van der Waals surface area contributed by atoms with Crippen LogP contribution >= 0.6 is 0 Å². The highest BCUT2D eigenvalue weighted by Crippen LogP contribution is 2.36. The summed E-state index contributed by atoms with van der Waals surface area (Å²) in [5.74, 6) is 0.470. The van der Waals surface area contributed by atoms with Crippen LogP contribution in [-0.2, 0) is 22.6 Å². The summed E-state index contributed by atoms with van der Waals surface area (Å²) in [6, 6.07) is 17.2. The minimum absolute atomic E-state index is 0.0486. The van der Waals surface area contributed by atoms with Crippen molar-refractivity contribution in [1.29, 1.82) is 0 Å². The maximum Gasteiger partial charge on any atom is 0.247 e. The lowest BCUT2D eigenvalue weighted by Gasteiger charge is -2.36. The van der Waals surface area contributed by atoms with Crippen molar-refractivity contribution in [3.05, 3.63) is 77.5 Å². The molecule has 2 aromatic carbocycles. The molecule has 29 heavy (non-hydrogen) atoms. The number of carbonyl (C=O) groups is 2. The molecule has 1 saturated carbocycles. The molecule has 1 N–H and O–H groups in total. The number of nitrogens with zero attached hydrogens (tertiary/aromatic N) is 2. The molecule has 146 valence electrons. The Bertz CT molecular complexity index is 1090. The van der Waals surface area contributed by atoms with Crippen molar-refractivity contribution in [1.82, 2.24) is 15.2 Å². The summed E-state index contributed by atoms with van der Waals surface area (Å²) in [7, 11) is 0. The number of amides is 2. The second kappa shape index (κ2) is 7.32. The SMILES string of the molecule is O=C(NCc1ccc2ncccc2c1)[C@@H]1c2ccccc2CC(=O)N1CC1CC1. The molecule has 1 aromatic heterocycles. The normalized spacial score (nSPS) is 18.6. The van der Waals surface area contributed by atoms with E-state index in [-0.39, 0.29) is 11.8 Å². The first-order valence-electron chi connectivity index (χ1n) is 10.2. The molecule has 2 heterocycles. The molecule has 0 bridgehead atoms. The predicted octanol–water partition coefficient (Wildman–Crippen LogP) is 3.39. The molecule has 0 radical (unpaired) electrons. The van der Waals surface area contributed by atoms with Gasteiger partial charge in [0.15, 0.2) is 0 Å². The van der Waals surface area contributed by atoms with Crippen molar-refractivity contribution in [3.8, 4) is 0 Å². The minimum Gasteiger partial charge on any atom is -0.350 e. The summed E-state index contributed by atoms with van der Waals surface area (Å²) in [5, 5.41) is 4.11. The number of hydrogen-bond acceptors (Lipinski definition) is 3. The molecule has 2 aliphatic rings. The van der Waals surface area contributed by atoms with Gasteiger partial charge in [0, 0.05) is 24.7 Å². The van der Waals surface area contributed by atoms with Gasteiger partial charge >= 0.3 is 0 Å². The van der Waals surface area contributed by atoms with Crippen molar-refractivity contribution in [2.75, 3.05) is 6.54 Å². The van der Waals surface area contributed by atoms with Gasteiger partial charge in [-0.2, -0.15) is 0 Å². The number of hydrogen-bond donors (Lipinski definition) is 1. The fraction of sp³-hybridized carbons (Fsp3) is 0.292. The Hall–Kier alpha value is -3.21. The highest BCUT2D eigenvalue weighted by atomic mass is 16.2. The molecular weight excluding hydrogens is 362 g/mol. The van der Waals surface area contributed by atoms with Gasteiger partial charge in [-0.1, -0.05) is 36.4 Å². The Kier molecular flexibility index (Phi) is 4.51. The molecule has 5 heteroatoms. The van der Waals surface area contributed by atoms with Gasteiger partial charge in [-0.25, -0.2) is 0 Å². The monoisotopic (exact) mass is 385 g/mol. The average Bonchev–Trinajstić information content (AvgIpc) is 3.56. The van der Waals surface area contributed by atoms with E-state index in [0.717, 1.165) is 40.4 Å². The maximum absolute atomic E-state index is 13.2. The van der Waals surface area contributed by atoms with Crippen LogP contribution in [0, 0.1) is 5.92 Å². The van der Waals surface area contributed by atoms with Crippen LogP contribution in [0.25, 0.3) is 10.9 Å². The third-order valence-corrected chi connectivity index (χ3v) is 5.86. The zero-order chi connectivity index (χ0) is 19.8. The van der Waals surface area contributed by atoms with Crippen LogP contribution in [0.4, 0.5) is 0 Å². The summed E-state index contributed by atoms with van der Waals surface area (Å²) >= 11 is 0. The molecule has 0 unspecified atom stereocenters. The maximum atomic E-state index is 13.2. The smallest absolute Gasteiger partial charge is 0.247 e. The second-order valence-corrected chi connectivity index (χ2v) is 8.02. The topological polar surface area (TPSA) is 62.3 Å². The average molecular weight is 385 g/mol. The lowest BCUT2D eigenvalue weighted by Crippen LogP contribution is -2.48. The first-order valence-corrected chi connectivity index (χ1v) is 10.2. The second-order valence-electron chi connectivity index (χ2n) is 8.02. The van der Waals surface area contributed by atoms with Crippen LogP contribution < -0.4 is 5.32 Å². The van der Waals surface area contributed by atoms with Gasteiger partial charge in [-0.3, -0.25) is 14.6 Å². The van der Waals surface area contributed by atoms with Crippen LogP contribution in [0.15, 0.2) is 60.8 Å². The van der Waals surface area contributed by atoms with Gasteiger partial charge in [-0.15, -0.1) is 0 Å². The number of fused-ring (bicyclic) bond motifs is 2. The van der Waals surface area contributed by atoms with E-state index in [1.165, 1.54) is 0 Å². The largest absolute Gasteiger partial charge is 0.350 e. The molecule has 5 nitrogen and oxygen atoms in total. The van der Waals surface area contributed by atoms with Crippen LogP contribution in [0.3, 0.4) is 0 Å². The molecule has 3 aromatic rings. The van der Waals surface area contributed by atoms with E-state index in [1.54, 1.807) is 11.1 Å². The summed E-state index contributed by atoms with van der Waals surface area (Å²) in [6.07, 6.45) is 4.44. The van der Waals surface area contributed by atoms with Crippen molar-refractivity contribution in [2.45, 2.75) is 31.8 Å². The van der Waals surface area contributed by atoms with Gasteiger partial charge in [0.1, 0.15) is 6.04 Å². The number of carbonyl (C=O) groups excluding carboxylic acids is 2. The lowest BCUT2D eigenvalue weighted by atomic mass is 9.91. The first-order chi connectivity index (χ1) is 14.2.